The van der Waals surface area contributed by atoms with Gasteiger partial charge in [-0.2, -0.15) is 0 Å². The minimum absolute atomic E-state index is 0.160. The Kier molecular flexibility index (Phi) is 5.84. The van der Waals surface area contributed by atoms with Gasteiger partial charge in [-0.15, -0.1) is 0 Å². The van der Waals surface area contributed by atoms with Crippen LogP contribution in [0.4, 0.5) is 4.79 Å². The van der Waals surface area contributed by atoms with Gasteiger partial charge in [0.05, 0.1) is 13.2 Å². The Morgan fingerprint density at radius 2 is 1.70 bits per heavy atom. The van der Waals surface area contributed by atoms with Crippen LogP contribution in [0.25, 0.3) is 0 Å². The number of urea groups is 1. The Hall–Kier alpha value is -2.91. The van der Waals surface area contributed by atoms with E-state index in [1.54, 1.807) is 11.9 Å². The Morgan fingerprint density at radius 1 is 0.970 bits per heavy atom. The summed E-state index contributed by atoms with van der Waals surface area (Å²) in [6.07, 6.45) is 0.379. The SMILES string of the molecule is CC1=C(C)N2C(=NC3C2C(=O)N(CCN2CCOCC2)C(=O)N3C)N1CCc1ccccc1. The van der Waals surface area contributed by atoms with Crippen LogP contribution in [0.1, 0.15) is 19.4 Å². The molecule has 2 unspecified atom stereocenters. The van der Waals surface area contributed by atoms with Crippen molar-refractivity contribution in [1.29, 1.82) is 0 Å². The number of hydrogen-bond donors (Lipinski definition) is 0. The third-order valence-electron chi connectivity index (χ3n) is 7.21. The molecule has 9 heteroatoms. The number of rotatable bonds is 6. The van der Waals surface area contributed by atoms with E-state index in [1.165, 1.54) is 10.5 Å². The molecule has 4 aliphatic heterocycles. The summed E-state index contributed by atoms with van der Waals surface area (Å²) in [6, 6.07) is 9.58. The number of amides is 3. The zero-order valence-electron chi connectivity index (χ0n) is 19.6. The second-order valence-electron chi connectivity index (χ2n) is 9.05. The minimum Gasteiger partial charge on any atom is -0.379 e. The zero-order chi connectivity index (χ0) is 23.1. The molecule has 4 heterocycles. The van der Waals surface area contributed by atoms with E-state index in [0.29, 0.717) is 26.3 Å². The van der Waals surface area contributed by atoms with E-state index in [9.17, 15) is 9.59 Å². The van der Waals surface area contributed by atoms with Gasteiger partial charge < -0.3 is 14.5 Å². The number of ether oxygens (including phenoxy) is 1. The topological polar surface area (TPSA) is 71.9 Å². The number of aliphatic imine (C=N–C) groups is 1. The number of likely N-dealkylation sites (N-methyl/N-ethyl adjacent to an activating group) is 1. The minimum atomic E-state index is -0.510. The quantitative estimate of drug-likeness (QED) is 0.650. The predicted octanol–water partition coefficient (Wildman–Crippen LogP) is 1.39. The maximum absolute atomic E-state index is 13.6. The molecule has 0 bridgehead atoms. The summed E-state index contributed by atoms with van der Waals surface area (Å²) in [7, 11) is 1.75. The number of carbonyl (C=O) groups is 2. The highest BCUT2D eigenvalue weighted by molar-refractivity contribution is 6.05. The molecule has 176 valence electrons. The lowest BCUT2D eigenvalue weighted by atomic mass is 10.1. The van der Waals surface area contributed by atoms with Crippen molar-refractivity contribution in [2.75, 3.05) is 53.0 Å². The molecule has 1 aromatic carbocycles. The van der Waals surface area contributed by atoms with Crippen molar-refractivity contribution < 1.29 is 14.3 Å². The molecular formula is C24H32N6O3. The molecule has 1 aromatic rings. The van der Waals surface area contributed by atoms with Gasteiger partial charge in [-0.3, -0.25) is 19.5 Å². The second kappa shape index (κ2) is 8.79. The van der Waals surface area contributed by atoms with Crippen molar-refractivity contribution in [3.05, 3.63) is 47.3 Å². The molecule has 0 aliphatic carbocycles. The van der Waals surface area contributed by atoms with E-state index in [1.807, 2.05) is 30.0 Å². The first kappa shape index (κ1) is 21.9. The largest absolute Gasteiger partial charge is 0.379 e. The number of carbonyl (C=O) groups excluding carboxylic acids is 2. The molecule has 2 fully saturated rings. The lowest BCUT2D eigenvalue weighted by molar-refractivity contribution is -0.137. The molecule has 2 atom stereocenters. The second-order valence-corrected chi connectivity index (χ2v) is 9.05. The van der Waals surface area contributed by atoms with Gasteiger partial charge in [0.25, 0.3) is 5.91 Å². The van der Waals surface area contributed by atoms with Crippen LogP contribution >= 0.6 is 0 Å². The fourth-order valence-corrected chi connectivity index (χ4v) is 5.11. The highest BCUT2D eigenvalue weighted by Crippen LogP contribution is 2.37. The predicted molar refractivity (Wildman–Crippen MR) is 124 cm³/mol. The average Bonchev–Trinajstić information content (AvgIpc) is 3.33. The highest BCUT2D eigenvalue weighted by Gasteiger charge is 2.55. The molecule has 5 rings (SSSR count). The third-order valence-corrected chi connectivity index (χ3v) is 7.21. The van der Waals surface area contributed by atoms with Crippen LogP contribution in [0.2, 0.25) is 0 Å². The fourth-order valence-electron chi connectivity index (χ4n) is 5.11. The summed E-state index contributed by atoms with van der Waals surface area (Å²) in [5, 5.41) is 0. The fraction of sp³-hybridized carbons (Fsp3) is 0.542. The van der Waals surface area contributed by atoms with Gasteiger partial charge in [-0.05, 0) is 25.8 Å². The molecule has 0 radical (unpaired) electrons. The van der Waals surface area contributed by atoms with Gasteiger partial charge in [0.15, 0.2) is 12.2 Å². The summed E-state index contributed by atoms with van der Waals surface area (Å²) in [5.74, 6) is 0.617. The molecule has 0 N–H and O–H groups in total. The molecule has 0 aromatic heterocycles. The standard InChI is InChI=1S/C24H32N6O3/c1-17-18(2)30-20-21(25-23(30)28(17)10-9-19-7-5-4-6-8-19)26(3)24(32)29(22(20)31)12-11-27-13-15-33-16-14-27/h4-8,20-21H,9-16H2,1-3H3. The van der Waals surface area contributed by atoms with Gasteiger partial charge in [0.1, 0.15) is 0 Å². The molecule has 0 spiro atoms. The van der Waals surface area contributed by atoms with Crippen LogP contribution in [0.15, 0.2) is 46.7 Å². The van der Waals surface area contributed by atoms with Crippen molar-refractivity contribution in [2.24, 2.45) is 4.99 Å². The number of allylic oxidation sites excluding steroid dienone is 2. The van der Waals surface area contributed by atoms with E-state index in [0.717, 1.165) is 43.4 Å². The molecule has 2 saturated heterocycles. The van der Waals surface area contributed by atoms with Crippen molar-refractivity contribution in [3.8, 4) is 0 Å². The van der Waals surface area contributed by atoms with Crippen LogP contribution in [0, 0.1) is 0 Å². The average molecular weight is 453 g/mol. The maximum atomic E-state index is 13.6. The molecule has 0 saturated carbocycles. The van der Waals surface area contributed by atoms with Crippen molar-refractivity contribution in [3.63, 3.8) is 0 Å². The zero-order valence-corrected chi connectivity index (χ0v) is 19.6. The van der Waals surface area contributed by atoms with Crippen LogP contribution in [-0.4, -0.2) is 108 Å². The third kappa shape index (κ3) is 3.79. The van der Waals surface area contributed by atoms with Gasteiger partial charge in [-0.25, -0.2) is 9.79 Å². The van der Waals surface area contributed by atoms with E-state index in [-0.39, 0.29) is 11.9 Å². The molecular weight excluding hydrogens is 420 g/mol. The Balaban J connectivity index is 1.34. The van der Waals surface area contributed by atoms with Crippen molar-refractivity contribution >= 4 is 17.9 Å². The van der Waals surface area contributed by atoms with Crippen LogP contribution in [0.5, 0.6) is 0 Å². The van der Waals surface area contributed by atoms with Crippen LogP contribution in [0.3, 0.4) is 0 Å². The normalized spacial score (nSPS) is 25.7. The first-order valence-electron chi connectivity index (χ1n) is 11.7. The van der Waals surface area contributed by atoms with Gasteiger partial charge >= 0.3 is 6.03 Å². The van der Waals surface area contributed by atoms with Crippen molar-refractivity contribution in [1.82, 2.24) is 24.5 Å². The van der Waals surface area contributed by atoms with Gasteiger partial charge in [-0.1, -0.05) is 30.3 Å². The summed E-state index contributed by atoms with van der Waals surface area (Å²) in [4.78, 5) is 41.1. The van der Waals surface area contributed by atoms with Gasteiger partial charge in [0, 0.05) is 51.2 Å². The number of imide groups is 1. The highest BCUT2D eigenvalue weighted by atomic mass is 16.5. The number of nitrogens with zero attached hydrogens (tertiary/aromatic N) is 6. The number of hydrogen-bond acceptors (Lipinski definition) is 7. The summed E-state index contributed by atoms with van der Waals surface area (Å²) >= 11 is 0. The monoisotopic (exact) mass is 452 g/mol. The Morgan fingerprint density at radius 3 is 2.42 bits per heavy atom. The van der Waals surface area contributed by atoms with Crippen molar-refractivity contribution in [2.45, 2.75) is 32.5 Å². The number of benzene rings is 1. The van der Waals surface area contributed by atoms with Crippen LogP contribution in [-0.2, 0) is 16.0 Å². The number of guanidine groups is 1. The smallest absolute Gasteiger partial charge is 0.328 e. The van der Waals surface area contributed by atoms with Gasteiger partial charge in [0.2, 0.25) is 5.96 Å². The van der Waals surface area contributed by atoms with E-state index >= 15 is 0 Å². The molecule has 33 heavy (non-hydrogen) atoms. The number of fused-ring (bicyclic) bond motifs is 3. The summed E-state index contributed by atoms with van der Waals surface area (Å²) in [6.45, 7) is 8.98. The summed E-state index contributed by atoms with van der Waals surface area (Å²) < 4.78 is 5.41. The molecule has 9 nitrogen and oxygen atoms in total. The molecule has 3 amide bonds. The Bertz CT molecular complexity index is 987. The first-order valence-corrected chi connectivity index (χ1v) is 11.7. The maximum Gasteiger partial charge on any atom is 0.328 e. The van der Waals surface area contributed by atoms with E-state index < -0.39 is 12.2 Å². The lowest BCUT2D eigenvalue weighted by Crippen LogP contribution is -2.65. The molecule has 4 aliphatic rings. The lowest BCUT2D eigenvalue weighted by Gasteiger charge is -2.41. The number of morpholine rings is 1. The Labute approximate surface area is 194 Å². The van der Waals surface area contributed by atoms with E-state index in [2.05, 4.69) is 28.9 Å². The van der Waals surface area contributed by atoms with E-state index in [4.69, 9.17) is 9.73 Å². The summed E-state index contributed by atoms with van der Waals surface area (Å²) in [5.41, 5.74) is 3.39. The first-order chi connectivity index (χ1) is 16.0. The van der Waals surface area contributed by atoms with Crippen LogP contribution < -0.4 is 0 Å².